The summed E-state index contributed by atoms with van der Waals surface area (Å²) in [5.41, 5.74) is 7.65. The number of anilines is 2. The highest BCUT2D eigenvalue weighted by atomic mass is 16.1. The van der Waals surface area contributed by atoms with Gasteiger partial charge in [0.2, 0.25) is 11.9 Å². The fourth-order valence-electron chi connectivity index (χ4n) is 6.63. The molecule has 0 bridgehead atoms. The maximum atomic E-state index is 12.9. The van der Waals surface area contributed by atoms with E-state index in [1.807, 2.05) is 36.5 Å². The zero-order chi connectivity index (χ0) is 30.6. The summed E-state index contributed by atoms with van der Waals surface area (Å²) in [6, 6.07) is 31.3. The fourth-order valence-corrected chi connectivity index (χ4v) is 6.63. The van der Waals surface area contributed by atoms with Gasteiger partial charge >= 0.3 is 0 Å². The molecule has 1 saturated heterocycles. The van der Waals surface area contributed by atoms with E-state index in [9.17, 15) is 4.79 Å². The first-order chi connectivity index (χ1) is 22.1. The summed E-state index contributed by atoms with van der Waals surface area (Å²) in [4.78, 5) is 27.5. The minimum Gasteiger partial charge on any atom is -0.354 e. The summed E-state index contributed by atoms with van der Waals surface area (Å²) < 4.78 is 0. The number of rotatable bonds is 9. The molecule has 45 heavy (non-hydrogen) atoms. The number of amides is 1. The second kappa shape index (κ2) is 13.2. The lowest BCUT2D eigenvalue weighted by molar-refractivity contribution is -0.115. The Morgan fingerprint density at radius 3 is 2.51 bits per heavy atom. The molecule has 1 atom stereocenters. The molecule has 1 unspecified atom stereocenters. The van der Waals surface area contributed by atoms with Crippen molar-refractivity contribution in [3.63, 3.8) is 0 Å². The Kier molecular flexibility index (Phi) is 8.54. The fraction of sp³-hybridized carbons (Fsp3) is 0.289. The van der Waals surface area contributed by atoms with Crippen molar-refractivity contribution in [3.05, 3.63) is 119 Å². The number of likely N-dealkylation sites (N-methyl/N-ethyl adjacent to an activating group) is 1. The molecule has 1 amide bonds. The minimum atomic E-state index is -0.0177. The van der Waals surface area contributed by atoms with E-state index >= 15 is 0 Å². The molecule has 0 saturated carbocycles. The molecule has 2 heterocycles. The summed E-state index contributed by atoms with van der Waals surface area (Å²) in [7, 11) is 2.19. The van der Waals surface area contributed by atoms with Crippen LogP contribution >= 0.6 is 0 Å². The van der Waals surface area contributed by atoms with Crippen molar-refractivity contribution in [2.45, 2.75) is 25.2 Å². The van der Waals surface area contributed by atoms with Crippen LogP contribution in [0.4, 0.5) is 11.6 Å². The second-order valence-corrected chi connectivity index (χ2v) is 12.4. The molecule has 2 N–H and O–H groups in total. The number of benzene rings is 4. The van der Waals surface area contributed by atoms with Crippen molar-refractivity contribution >= 4 is 28.3 Å². The molecule has 1 aliphatic carbocycles. The number of nitrogens with zero attached hydrogens (tertiary/aromatic N) is 4. The zero-order valence-corrected chi connectivity index (χ0v) is 25.9. The first-order valence-electron chi connectivity index (χ1n) is 16.1. The molecule has 7 nitrogen and oxygen atoms in total. The van der Waals surface area contributed by atoms with E-state index < -0.39 is 0 Å². The normalized spacial score (nSPS) is 16.6. The molecule has 7 rings (SSSR count). The quantitative estimate of drug-likeness (QED) is 0.197. The number of piperazine rings is 1. The number of carbonyl (C=O) groups is 1. The molecule has 1 aliphatic heterocycles. The Morgan fingerprint density at radius 2 is 1.67 bits per heavy atom. The molecular weight excluding hydrogens is 556 g/mol. The molecule has 7 heteroatoms. The third-order valence-electron chi connectivity index (χ3n) is 9.19. The van der Waals surface area contributed by atoms with Crippen LogP contribution in [0, 0.1) is 0 Å². The molecule has 5 aromatic rings. The lowest BCUT2D eigenvalue weighted by atomic mass is 9.78. The molecule has 228 valence electrons. The van der Waals surface area contributed by atoms with E-state index in [0.717, 1.165) is 80.0 Å². The van der Waals surface area contributed by atoms with Gasteiger partial charge in [0.1, 0.15) is 0 Å². The Hall–Kier alpha value is -4.59. The van der Waals surface area contributed by atoms with Gasteiger partial charge in [-0.1, -0.05) is 78.9 Å². The van der Waals surface area contributed by atoms with Gasteiger partial charge in [-0.2, -0.15) is 0 Å². The van der Waals surface area contributed by atoms with Crippen molar-refractivity contribution in [1.82, 2.24) is 19.8 Å². The number of carbonyl (C=O) groups excluding carboxylic acids is 1. The van der Waals surface area contributed by atoms with Crippen molar-refractivity contribution in [1.29, 1.82) is 0 Å². The van der Waals surface area contributed by atoms with E-state index in [1.165, 1.54) is 22.1 Å². The first kappa shape index (κ1) is 29.1. The van der Waals surface area contributed by atoms with Crippen LogP contribution in [0.5, 0.6) is 0 Å². The van der Waals surface area contributed by atoms with Crippen LogP contribution in [0.25, 0.3) is 22.0 Å². The van der Waals surface area contributed by atoms with Gasteiger partial charge in [-0.15, -0.1) is 0 Å². The van der Waals surface area contributed by atoms with Gasteiger partial charge in [0, 0.05) is 56.1 Å². The molecule has 1 aromatic heterocycles. The number of fused-ring (bicyclic) bond motifs is 4. The Morgan fingerprint density at radius 1 is 0.889 bits per heavy atom. The number of aromatic nitrogens is 2. The van der Waals surface area contributed by atoms with Gasteiger partial charge in [0.15, 0.2) is 0 Å². The molecule has 1 fully saturated rings. The van der Waals surface area contributed by atoms with E-state index in [1.54, 1.807) is 0 Å². The molecule has 4 aromatic carbocycles. The van der Waals surface area contributed by atoms with Crippen molar-refractivity contribution in [2.24, 2.45) is 0 Å². The van der Waals surface area contributed by atoms with Crippen LogP contribution in [0.3, 0.4) is 0 Å². The van der Waals surface area contributed by atoms with E-state index in [0.29, 0.717) is 12.4 Å². The topological polar surface area (TPSA) is 73.4 Å². The average molecular weight is 597 g/mol. The smallest absolute Gasteiger partial charge is 0.228 e. The van der Waals surface area contributed by atoms with Crippen LogP contribution in [-0.4, -0.2) is 72.0 Å². The van der Waals surface area contributed by atoms with Crippen LogP contribution < -0.4 is 10.6 Å². The number of hydrogen-bond donors (Lipinski definition) is 2. The molecule has 0 radical (unpaired) electrons. The van der Waals surface area contributed by atoms with Gasteiger partial charge in [-0.05, 0) is 71.6 Å². The summed E-state index contributed by atoms with van der Waals surface area (Å²) in [5, 5.41) is 8.88. The predicted molar refractivity (Wildman–Crippen MR) is 183 cm³/mol. The van der Waals surface area contributed by atoms with Crippen molar-refractivity contribution < 1.29 is 4.79 Å². The molecule has 0 spiro atoms. The number of nitrogens with one attached hydrogen (secondary N) is 2. The largest absolute Gasteiger partial charge is 0.354 e. The second-order valence-electron chi connectivity index (χ2n) is 12.4. The van der Waals surface area contributed by atoms with Crippen LogP contribution in [0.2, 0.25) is 0 Å². The van der Waals surface area contributed by atoms with Gasteiger partial charge < -0.3 is 20.4 Å². The lowest BCUT2D eigenvalue weighted by Crippen LogP contribution is -2.44. The van der Waals surface area contributed by atoms with Gasteiger partial charge in [0.05, 0.1) is 12.1 Å². The summed E-state index contributed by atoms with van der Waals surface area (Å²) >= 11 is 0. The van der Waals surface area contributed by atoms with Crippen molar-refractivity contribution in [3.8, 4) is 11.3 Å². The van der Waals surface area contributed by atoms with Gasteiger partial charge in [0.25, 0.3) is 0 Å². The third kappa shape index (κ3) is 6.75. The summed E-state index contributed by atoms with van der Waals surface area (Å²) in [6.45, 7) is 6.55. The van der Waals surface area contributed by atoms with Crippen molar-refractivity contribution in [2.75, 3.05) is 56.9 Å². The average Bonchev–Trinajstić information content (AvgIpc) is 3.07. The SMILES string of the molecule is CN1CCN(CCCNc2ncc3c(n2)-c2ccccc2C(c2ccc(NC(=O)Cc4ccc5ccccc5c4)cc2)C3)CC1. The maximum Gasteiger partial charge on any atom is 0.228 e. The Balaban J connectivity index is 0.992. The van der Waals surface area contributed by atoms with Crippen LogP contribution in [0.15, 0.2) is 97.2 Å². The Labute approximate surface area is 265 Å². The van der Waals surface area contributed by atoms with Crippen LogP contribution in [-0.2, 0) is 17.6 Å². The monoisotopic (exact) mass is 596 g/mol. The van der Waals surface area contributed by atoms with E-state index in [-0.39, 0.29) is 11.8 Å². The zero-order valence-electron chi connectivity index (χ0n) is 25.9. The Bertz CT molecular complexity index is 1790. The van der Waals surface area contributed by atoms with Crippen LogP contribution in [0.1, 0.15) is 34.6 Å². The summed E-state index contributed by atoms with van der Waals surface area (Å²) in [5.74, 6) is 0.877. The van der Waals surface area contributed by atoms with Gasteiger partial charge in [-0.25, -0.2) is 9.97 Å². The van der Waals surface area contributed by atoms with E-state index in [2.05, 4.69) is 88.1 Å². The standard InChI is InChI=1S/C38H40N6O/c1-43-19-21-44(22-20-43)18-6-17-39-38-40-26-31-25-35(33-9-4-5-10-34(33)37(31)42-38)29-13-15-32(16-14-29)41-36(45)24-27-11-12-28-7-2-3-8-30(28)23-27/h2-5,7-16,23,26,35H,6,17-22,24-25H2,1H3,(H,41,45)(H,39,40,42). The minimum absolute atomic E-state index is 0.0177. The number of hydrogen-bond acceptors (Lipinski definition) is 6. The first-order valence-corrected chi connectivity index (χ1v) is 16.1. The molecule has 2 aliphatic rings. The highest BCUT2D eigenvalue weighted by Gasteiger charge is 2.27. The lowest BCUT2D eigenvalue weighted by Gasteiger charge is -2.32. The third-order valence-corrected chi connectivity index (χ3v) is 9.19. The highest BCUT2D eigenvalue weighted by Crippen LogP contribution is 2.42. The van der Waals surface area contributed by atoms with E-state index in [4.69, 9.17) is 9.97 Å². The maximum absolute atomic E-state index is 12.9. The van der Waals surface area contributed by atoms with Gasteiger partial charge in [-0.3, -0.25) is 4.79 Å². The molecular formula is C38H40N6O. The predicted octanol–water partition coefficient (Wildman–Crippen LogP) is 6.22. The highest BCUT2D eigenvalue weighted by molar-refractivity contribution is 5.93. The summed E-state index contributed by atoms with van der Waals surface area (Å²) in [6.07, 6.45) is 4.24.